The Bertz CT molecular complexity index is 585. The summed E-state index contributed by atoms with van der Waals surface area (Å²) in [6.07, 6.45) is 6.85. The van der Waals surface area contributed by atoms with Crippen LogP contribution in [0.5, 0.6) is 0 Å². The van der Waals surface area contributed by atoms with Crippen molar-refractivity contribution in [3.8, 4) is 0 Å². The Hall–Kier alpha value is -1.49. The van der Waals surface area contributed by atoms with Gasteiger partial charge < -0.3 is 10.2 Å². The lowest BCUT2D eigenvalue weighted by Gasteiger charge is -2.17. The van der Waals surface area contributed by atoms with Crippen LogP contribution >= 0.6 is 11.8 Å². The van der Waals surface area contributed by atoms with Crippen LogP contribution in [0.1, 0.15) is 62.7 Å². The average Bonchev–Trinajstić information content (AvgIpc) is 3.21. The zero-order valence-corrected chi connectivity index (χ0v) is 16.9. The van der Waals surface area contributed by atoms with Gasteiger partial charge in [-0.25, -0.2) is 0 Å². The molecule has 26 heavy (non-hydrogen) atoms. The topological polar surface area (TPSA) is 49.4 Å². The van der Waals surface area contributed by atoms with Gasteiger partial charge in [0.1, 0.15) is 0 Å². The molecule has 0 aliphatic carbocycles. The number of thioether (sulfide) groups is 1. The standard InChI is InChI=1S/C21H32N2O2S/c1-3-5-10-17(4-2)15-22-21(25)18-11-6-7-12-19(18)26-16-20(24)23-13-8-9-14-23/h6-7,11-12,17H,3-5,8-10,13-16H2,1-2H3,(H,22,25). The van der Waals surface area contributed by atoms with Gasteiger partial charge >= 0.3 is 0 Å². The zero-order chi connectivity index (χ0) is 18.8. The first-order chi connectivity index (χ1) is 12.7. The molecular formula is C21H32N2O2S. The van der Waals surface area contributed by atoms with Gasteiger partial charge in [-0.05, 0) is 37.3 Å². The number of benzene rings is 1. The largest absolute Gasteiger partial charge is 0.352 e. The highest BCUT2D eigenvalue weighted by Gasteiger charge is 2.19. The Balaban J connectivity index is 1.90. The molecule has 2 rings (SSSR count). The summed E-state index contributed by atoms with van der Waals surface area (Å²) >= 11 is 1.47. The fourth-order valence-electron chi connectivity index (χ4n) is 3.25. The minimum absolute atomic E-state index is 0.0309. The predicted octanol–water partition coefficient (Wildman–Crippen LogP) is 4.35. The van der Waals surface area contributed by atoms with Crippen molar-refractivity contribution < 1.29 is 9.59 Å². The highest BCUT2D eigenvalue weighted by Crippen LogP contribution is 2.24. The number of amides is 2. The number of carbonyl (C=O) groups is 2. The fourth-order valence-corrected chi connectivity index (χ4v) is 4.21. The Kier molecular flexibility index (Phi) is 9.02. The van der Waals surface area contributed by atoms with Gasteiger partial charge in [-0.3, -0.25) is 9.59 Å². The third kappa shape index (κ3) is 6.35. The van der Waals surface area contributed by atoms with Gasteiger partial charge in [0.05, 0.1) is 11.3 Å². The Morgan fingerprint density at radius 3 is 2.62 bits per heavy atom. The minimum atomic E-state index is -0.0309. The van der Waals surface area contributed by atoms with E-state index >= 15 is 0 Å². The van der Waals surface area contributed by atoms with Crippen LogP contribution in [0.3, 0.4) is 0 Å². The molecule has 1 aromatic rings. The smallest absolute Gasteiger partial charge is 0.252 e. The molecule has 0 aromatic heterocycles. The van der Waals surface area contributed by atoms with Gasteiger partial charge in [-0.2, -0.15) is 0 Å². The Morgan fingerprint density at radius 1 is 1.19 bits per heavy atom. The molecule has 4 nitrogen and oxygen atoms in total. The fraction of sp³-hybridized carbons (Fsp3) is 0.619. The summed E-state index contributed by atoms with van der Waals surface area (Å²) in [5, 5.41) is 3.09. The maximum atomic E-state index is 12.6. The van der Waals surface area contributed by atoms with Crippen LogP contribution in [-0.4, -0.2) is 42.1 Å². The number of carbonyl (C=O) groups excluding carboxylic acids is 2. The van der Waals surface area contributed by atoms with Crippen LogP contribution in [0.25, 0.3) is 0 Å². The molecule has 1 fully saturated rings. The molecule has 0 saturated carbocycles. The third-order valence-corrected chi connectivity index (χ3v) is 6.09. The predicted molar refractivity (Wildman–Crippen MR) is 109 cm³/mol. The van der Waals surface area contributed by atoms with E-state index in [-0.39, 0.29) is 11.8 Å². The van der Waals surface area contributed by atoms with Crippen LogP contribution in [0.15, 0.2) is 29.2 Å². The van der Waals surface area contributed by atoms with E-state index in [1.807, 2.05) is 29.2 Å². The second kappa shape index (κ2) is 11.3. The Labute approximate surface area is 162 Å². The van der Waals surface area contributed by atoms with Gasteiger partial charge in [0.2, 0.25) is 5.91 Å². The number of likely N-dealkylation sites (tertiary alicyclic amines) is 1. The quantitative estimate of drug-likeness (QED) is 0.618. The molecule has 0 bridgehead atoms. The van der Waals surface area contributed by atoms with E-state index in [0.717, 1.165) is 50.2 Å². The molecule has 1 aliphatic heterocycles. The van der Waals surface area contributed by atoms with Crippen molar-refractivity contribution in [3.63, 3.8) is 0 Å². The number of nitrogens with one attached hydrogen (secondary N) is 1. The maximum Gasteiger partial charge on any atom is 0.252 e. The lowest BCUT2D eigenvalue weighted by molar-refractivity contribution is -0.127. The molecule has 0 radical (unpaired) electrons. The molecule has 1 N–H and O–H groups in total. The molecule has 144 valence electrons. The van der Waals surface area contributed by atoms with Crippen LogP contribution in [0.4, 0.5) is 0 Å². The van der Waals surface area contributed by atoms with Gasteiger partial charge in [0, 0.05) is 24.5 Å². The SMILES string of the molecule is CCCCC(CC)CNC(=O)c1ccccc1SCC(=O)N1CCCC1. The summed E-state index contributed by atoms with van der Waals surface area (Å²) < 4.78 is 0. The van der Waals surface area contributed by atoms with Gasteiger partial charge in [0.25, 0.3) is 5.91 Å². The van der Waals surface area contributed by atoms with Gasteiger partial charge in [0.15, 0.2) is 0 Å². The van der Waals surface area contributed by atoms with Crippen molar-refractivity contribution in [3.05, 3.63) is 29.8 Å². The summed E-state index contributed by atoms with van der Waals surface area (Å²) in [4.78, 5) is 27.7. The number of hydrogen-bond donors (Lipinski definition) is 1. The van der Waals surface area contributed by atoms with Crippen LogP contribution in [0.2, 0.25) is 0 Å². The van der Waals surface area contributed by atoms with Crippen molar-refractivity contribution in [1.29, 1.82) is 0 Å². The molecule has 1 aliphatic rings. The number of nitrogens with zero attached hydrogens (tertiary/aromatic N) is 1. The van der Waals surface area contributed by atoms with Gasteiger partial charge in [-0.1, -0.05) is 45.2 Å². The lowest BCUT2D eigenvalue weighted by Crippen LogP contribution is -2.30. The molecule has 0 spiro atoms. The highest BCUT2D eigenvalue weighted by atomic mass is 32.2. The van der Waals surface area contributed by atoms with E-state index in [2.05, 4.69) is 19.2 Å². The minimum Gasteiger partial charge on any atom is -0.352 e. The first-order valence-corrected chi connectivity index (χ1v) is 10.9. The first-order valence-electron chi connectivity index (χ1n) is 9.93. The summed E-state index contributed by atoms with van der Waals surface area (Å²) in [5.74, 6) is 1.08. The third-order valence-electron chi connectivity index (χ3n) is 5.04. The van der Waals surface area contributed by atoms with E-state index in [9.17, 15) is 9.59 Å². The van der Waals surface area contributed by atoms with Crippen molar-refractivity contribution >= 4 is 23.6 Å². The molecule has 5 heteroatoms. The van der Waals surface area contributed by atoms with Crippen LogP contribution in [0, 0.1) is 5.92 Å². The van der Waals surface area contributed by atoms with Crippen molar-refractivity contribution in [1.82, 2.24) is 10.2 Å². The van der Waals surface area contributed by atoms with Crippen molar-refractivity contribution in [2.75, 3.05) is 25.4 Å². The average molecular weight is 377 g/mol. The maximum absolute atomic E-state index is 12.6. The van der Waals surface area contributed by atoms with E-state index in [0.29, 0.717) is 17.2 Å². The summed E-state index contributed by atoms with van der Waals surface area (Å²) in [6, 6.07) is 7.60. The summed E-state index contributed by atoms with van der Waals surface area (Å²) in [7, 11) is 0. The van der Waals surface area contributed by atoms with Crippen molar-refractivity contribution in [2.45, 2.75) is 57.3 Å². The molecule has 2 amide bonds. The molecule has 1 heterocycles. The van der Waals surface area contributed by atoms with E-state index in [1.54, 1.807) is 0 Å². The van der Waals surface area contributed by atoms with Crippen LogP contribution in [-0.2, 0) is 4.79 Å². The highest BCUT2D eigenvalue weighted by molar-refractivity contribution is 8.00. The zero-order valence-electron chi connectivity index (χ0n) is 16.1. The van der Waals surface area contributed by atoms with Crippen LogP contribution < -0.4 is 5.32 Å². The normalized spacial score (nSPS) is 15.1. The molecule has 1 aromatic carbocycles. The van der Waals surface area contributed by atoms with E-state index < -0.39 is 0 Å². The summed E-state index contributed by atoms with van der Waals surface area (Å²) in [5.41, 5.74) is 0.678. The van der Waals surface area contributed by atoms with E-state index in [4.69, 9.17) is 0 Å². The van der Waals surface area contributed by atoms with E-state index in [1.165, 1.54) is 24.6 Å². The number of rotatable bonds is 10. The monoisotopic (exact) mass is 376 g/mol. The number of unbranched alkanes of at least 4 members (excludes halogenated alkanes) is 1. The number of hydrogen-bond acceptors (Lipinski definition) is 3. The van der Waals surface area contributed by atoms with Gasteiger partial charge in [-0.15, -0.1) is 11.8 Å². The molecular weight excluding hydrogens is 344 g/mol. The van der Waals surface area contributed by atoms with Crippen molar-refractivity contribution in [2.24, 2.45) is 5.92 Å². The second-order valence-electron chi connectivity index (χ2n) is 7.00. The Morgan fingerprint density at radius 2 is 1.92 bits per heavy atom. The second-order valence-corrected chi connectivity index (χ2v) is 8.02. The molecule has 1 unspecified atom stereocenters. The lowest BCUT2D eigenvalue weighted by atomic mass is 9.99. The molecule has 1 saturated heterocycles. The molecule has 1 atom stereocenters. The first kappa shape index (κ1) is 20.8. The summed E-state index contributed by atoms with van der Waals surface area (Å²) in [6.45, 7) is 6.85.